The molecular formula is C31H36N6O4S3. The molecule has 4 aromatic rings. The number of carbonyl (C=O) groups excluding carboxylic acids is 1. The number of urea groups is 1. The summed E-state index contributed by atoms with van der Waals surface area (Å²) in [4.78, 5) is 17.9. The highest BCUT2D eigenvalue weighted by Gasteiger charge is 2.26. The Kier molecular flexibility index (Phi) is 10.3. The molecule has 0 aliphatic heterocycles. The molecule has 13 heteroatoms. The lowest BCUT2D eigenvalue weighted by Crippen LogP contribution is -2.40. The number of rotatable bonds is 9. The van der Waals surface area contributed by atoms with E-state index in [4.69, 9.17) is 12.2 Å². The first-order valence-corrected chi connectivity index (χ1v) is 16.5. The highest BCUT2D eigenvalue weighted by Crippen LogP contribution is 2.37. The minimum absolute atomic E-state index is 0.0182. The average molecular weight is 653 g/mol. The van der Waals surface area contributed by atoms with Crippen molar-refractivity contribution in [2.45, 2.75) is 57.6 Å². The van der Waals surface area contributed by atoms with Crippen molar-refractivity contribution in [2.75, 3.05) is 10.6 Å². The number of phenolic OH excluding ortho intramolecular Hbond substituents is 1. The number of hydrogen-bond acceptors (Lipinski definition) is 7. The summed E-state index contributed by atoms with van der Waals surface area (Å²) in [7, 11) is -3.99. The molecule has 0 saturated heterocycles. The van der Waals surface area contributed by atoms with Crippen LogP contribution in [0.2, 0.25) is 0 Å². The van der Waals surface area contributed by atoms with E-state index < -0.39 is 21.6 Å². The van der Waals surface area contributed by atoms with Crippen LogP contribution < -0.4 is 26.0 Å². The Morgan fingerprint density at radius 2 is 1.64 bits per heavy atom. The van der Waals surface area contributed by atoms with Gasteiger partial charge in [0.1, 0.15) is 10.8 Å². The molecule has 0 fully saturated rings. The molecule has 4 rings (SSSR count). The smallest absolute Gasteiger partial charge is 0.319 e. The largest absolute Gasteiger partial charge is 0.508 e. The van der Waals surface area contributed by atoms with E-state index in [1.54, 1.807) is 51.2 Å². The number of thiocarbonyl (C=S) groups is 1. The summed E-state index contributed by atoms with van der Waals surface area (Å²) in [5.74, 6) is 0.134. The molecule has 0 spiro atoms. The van der Waals surface area contributed by atoms with Gasteiger partial charge in [-0.25, -0.2) is 22.9 Å². The van der Waals surface area contributed by atoms with Gasteiger partial charge in [-0.3, -0.25) is 0 Å². The molecule has 2 amide bonds. The standard InChI is InChI=1S/C31H36N6O4S3/c1-19(2)34-30(42)36-22-10-8-21(9-11-22)28-32-18-26(43-28)25-15-12-23(16-27(25)44(40,41)37-31(3,4)5)35-29(39)33-17-20-6-13-24(38)14-7-20/h6-16,18-19,37-38H,17H2,1-5H3,(H2,33,35,39)(H2,34,36,42). The van der Waals surface area contributed by atoms with Crippen LogP contribution in [0, 0.1) is 0 Å². The lowest BCUT2D eigenvalue weighted by molar-refractivity contribution is 0.251. The predicted molar refractivity (Wildman–Crippen MR) is 182 cm³/mol. The van der Waals surface area contributed by atoms with E-state index in [0.29, 0.717) is 21.2 Å². The third-order valence-corrected chi connectivity index (χ3v) is 9.04. The van der Waals surface area contributed by atoms with Crippen LogP contribution in [0.3, 0.4) is 0 Å². The van der Waals surface area contributed by atoms with Crippen molar-refractivity contribution >= 4 is 56.1 Å². The number of phenols is 1. The zero-order chi connectivity index (χ0) is 32.1. The zero-order valence-electron chi connectivity index (χ0n) is 25.1. The molecule has 0 radical (unpaired) electrons. The minimum Gasteiger partial charge on any atom is -0.508 e. The Morgan fingerprint density at radius 1 is 0.977 bits per heavy atom. The highest BCUT2D eigenvalue weighted by molar-refractivity contribution is 7.89. The van der Waals surface area contributed by atoms with E-state index in [9.17, 15) is 18.3 Å². The normalized spacial score (nSPS) is 11.7. The van der Waals surface area contributed by atoms with Crippen molar-refractivity contribution in [1.82, 2.24) is 20.3 Å². The second-order valence-electron chi connectivity index (χ2n) is 11.4. The summed E-state index contributed by atoms with van der Waals surface area (Å²) in [6.45, 7) is 9.53. The number of anilines is 2. The molecule has 0 unspecified atom stereocenters. The van der Waals surface area contributed by atoms with E-state index in [-0.39, 0.29) is 23.2 Å². The van der Waals surface area contributed by atoms with Crippen molar-refractivity contribution in [3.63, 3.8) is 0 Å². The summed E-state index contributed by atoms with van der Waals surface area (Å²) < 4.78 is 29.9. The molecule has 0 saturated carbocycles. The molecule has 232 valence electrons. The summed E-state index contributed by atoms with van der Waals surface area (Å²) in [5.41, 5.74) is 2.54. The fourth-order valence-corrected chi connectivity index (χ4v) is 7.16. The minimum atomic E-state index is -3.99. The maximum absolute atomic E-state index is 13.6. The number of carbonyl (C=O) groups is 1. The van der Waals surface area contributed by atoms with Crippen LogP contribution in [0.4, 0.5) is 16.2 Å². The summed E-state index contributed by atoms with van der Waals surface area (Å²) in [5, 5.41) is 22.4. The van der Waals surface area contributed by atoms with Crippen molar-refractivity contribution in [3.05, 3.63) is 78.5 Å². The average Bonchev–Trinajstić information content (AvgIpc) is 3.42. The first-order valence-electron chi connectivity index (χ1n) is 13.8. The molecule has 1 heterocycles. The Hall–Kier alpha value is -4.04. The van der Waals surface area contributed by atoms with Gasteiger partial charge in [0, 0.05) is 46.8 Å². The SMILES string of the molecule is CC(C)NC(=S)Nc1ccc(-c2ncc(-c3ccc(NC(=O)NCc4ccc(O)cc4)cc3S(=O)(=O)NC(C)(C)C)s2)cc1. The lowest BCUT2D eigenvalue weighted by atomic mass is 10.1. The van der Waals surface area contributed by atoms with Crippen molar-refractivity contribution in [2.24, 2.45) is 0 Å². The Bertz CT molecular complexity index is 1730. The van der Waals surface area contributed by atoms with Crippen molar-refractivity contribution in [1.29, 1.82) is 0 Å². The van der Waals surface area contributed by atoms with E-state index in [0.717, 1.165) is 21.8 Å². The van der Waals surface area contributed by atoms with E-state index in [2.05, 4.69) is 31.0 Å². The van der Waals surface area contributed by atoms with Crippen LogP contribution in [-0.4, -0.2) is 41.2 Å². The van der Waals surface area contributed by atoms with Gasteiger partial charge in [0.05, 0.1) is 9.77 Å². The van der Waals surface area contributed by atoms with Gasteiger partial charge < -0.3 is 26.4 Å². The molecule has 10 nitrogen and oxygen atoms in total. The molecule has 3 aromatic carbocycles. The topological polar surface area (TPSA) is 144 Å². The number of hydrogen-bond donors (Lipinski definition) is 6. The van der Waals surface area contributed by atoms with E-state index in [1.165, 1.54) is 29.5 Å². The van der Waals surface area contributed by atoms with Crippen LogP contribution in [0.25, 0.3) is 21.0 Å². The monoisotopic (exact) mass is 652 g/mol. The maximum atomic E-state index is 13.6. The fourth-order valence-electron chi connectivity index (χ4n) is 4.11. The molecular weight excluding hydrogens is 617 g/mol. The second kappa shape index (κ2) is 13.7. The number of sulfonamides is 1. The van der Waals surface area contributed by atoms with Gasteiger partial charge in [0.2, 0.25) is 10.0 Å². The van der Waals surface area contributed by atoms with Gasteiger partial charge >= 0.3 is 6.03 Å². The number of aromatic nitrogens is 1. The fraction of sp³-hybridized carbons (Fsp3) is 0.258. The van der Waals surface area contributed by atoms with Gasteiger partial charge in [-0.2, -0.15) is 0 Å². The van der Waals surface area contributed by atoms with Gasteiger partial charge in [-0.15, -0.1) is 11.3 Å². The molecule has 1 aromatic heterocycles. The third-order valence-electron chi connectivity index (χ3n) is 5.94. The van der Waals surface area contributed by atoms with Gasteiger partial charge in [0.25, 0.3) is 0 Å². The maximum Gasteiger partial charge on any atom is 0.319 e. The summed E-state index contributed by atoms with van der Waals surface area (Å²) in [6.07, 6.45) is 1.65. The Balaban J connectivity index is 1.57. The number of benzene rings is 3. The van der Waals surface area contributed by atoms with Gasteiger partial charge in [-0.05, 0) is 101 Å². The molecule has 0 bridgehead atoms. The van der Waals surface area contributed by atoms with E-state index in [1.807, 2.05) is 38.1 Å². The van der Waals surface area contributed by atoms with Crippen LogP contribution in [0.1, 0.15) is 40.2 Å². The van der Waals surface area contributed by atoms with Crippen LogP contribution in [-0.2, 0) is 16.6 Å². The highest BCUT2D eigenvalue weighted by atomic mass is 32.2. The van der Waals surface area contributed by atoms with Crippen LogP contribution in [0.5, 0.6) is 5.75 Å². The number of nitrogens with zero attached hydrogens (tertiary/aromatic N) is 1. The van der Waals surface area contributed by atoms with Crippen molar-refractivity contribution in [3.8, 4) is 26.8 Å². The van der Waals surface area contributed by atoms with E-state index >= 15 is 0 Å². The van der Waals surface area contributed by atoms with Gasteiger partial charge in [0.15, 0.2) is 5.11 Å². The van der Waals surface area contributed by atoms with Crippen LogP contribution >= 0.6 is 23.6 Å². The summed E-state index contributed by atoms with van der Waals surface area (Å²) in [6, 6.07) is 18.6. The second-order valence-corrected chi connectivity index (χ2v) is 14.5. The first-order chi connectivity index (χ1) is 20.7. The quantitative estimate of drug-likeness (QED) is 0.116. The summed E-state index contributed by atoms with van der Waals surface area (Å²) >= 11 is 6.68. The Labute approximate surface area is 267 Å². The number of aromatic hydroxyl groups is 1. The lowest BCUT2D eigenvalue weighted by Gasteiger charge is -2.22. The third kappa shape index (κ3) is 9.23. The molecule has 0 atom stereocenters. The first kappa shape index (κ1) is 32.9. The number of amides is 2. The predicted octanol–water partition coefficient (Wildman–Crippen LogP) is 6.28. The molecule has 6 N–H and O–H groups in total. The molecule has 0 aliphatic carbocycles. The zero-order valence-corrected chi connectivity index (χ0v) is 27.5. The Morgan fingerprint density at radius 3 is 2.27 bits per heavy atom. The van der Waals surface area contributed by atoms with Crippen molar-refractivity contribution < 1.29 is 18.3 Å². The van der Waals surface area contributed by atoms with Crippen LogP contribution in [0.15, 0.2) is 77.8 Å². The number of nitrogens with one attached hydrogen (secondary N) is 5. The van der Waals surface area contributed by atoms with Gasteiger partial charge in [-0.1, -0.05) is 18.2 Å². The number of thiazole rings is 1. The molecule has 0 aliphatic rings. The molecule has 44 heavy (non-hydrogen) atoms.